The van der Waals surface area contributed by atoms with Crippen LogP contribution in [0.25, 0.3) is 0 Å². The molecule has 2 aromatic rings. The molecule has 0 fully saturated rings. The van der Waals surface area contributed by atoms with Gasteiger partial charge in [0.2, 0.25) is 0 Å². The van der Waals surface area contributed by atoms with Gasteiger partial charge in [0.1, 0.15) is 5.82 Å². The number of rotatable bonds is 5. The van der Waals surface area contributed by atoms with Gasteiger partial charge in [-0.05, 0) is 40.0 Å². The summed E-state index contributed by atoms with van der Waals surface area (Å²) in [4.78, 5) is 4.36. The first-order valence-corrected chi connectivity index (χ1v) is 6.93. The maximum Gasteiger partial charge on any atom is 0.129 e. The molecule has 1 unspecified atom stereocenters. The Labute approximate surface area is 122 Å². The highest BCUT2D eigenvalue weighted by Crippen LogP contribution is 2.20. The number of hydrogen-bond acceptors (Lipinski definition) is 3. The molecule has 0 bridgehead atoms. The molecule has 0 aliphatic carbocycles. The first-order valence-electron chi connectivity index (χ1n) is 6.14. The van der Waals surface area contributed by atoms with Crippen molar-refractivity contribution in [3.8, 4) is 0 Å². The number of nitrogens with one attached hydrogen (secondary N) is 1. The third-order valence-electron chi connectivity index (χ3n) is 2.96. The molecule has 1 aromatic carbocycles. The predicted octanol–water partition coefficient (Wildman–Crippen LogP) is 3.95. The van der Waals surface area contributed by atoms with E-state index in [0.717, 1.165) is 21.4 Å². The Hall–Kier alpha value is -1.39. The highest BCUT2D eigenvalue weighted by molar-refractivity contribution is 9.10. The molecule has 0 aliphatic heterocycles. The van der Waals surface area contributed by atoms with Gasteiger partial charge in [-0.1, -0.05) is 30.3 Å². The van der Waals surface area contributed by atoms with E-state index in [1.54, 1.807) is 13.3 Å². The average Bonchev–Trinajstić information content (AvgIpc) is 2.43. The molecule has 1 N–H and O–H groups in total. The van der Waals surface area contributed by atoms with E-state index < -0.39 is 0 Å². The molecule has 1 atom stereocenters. The van der Waals surface area contributed by atoms with E-state index in [9.17, 15) is 0 Å². The van der Waals surface area contributed by atoms with E-state index in [1.807, 2.05) is 31.2 Å². The summed E-state index contributed by atoms with van der Waals surface area (Å²) in [5.41, 5.74) is 2.27. The van der Waals surface area contributed by atoms with Crippen LogP contribution in [0.2, 0.25) is 0 Å². The number of aromatic nitrogens is 1. The Bertz CT molecular complexity index is 531. The molecule has 3 nitrogen and oxygen atoms in total. The quantitative estimate of drug-likeness (QED) is 0.905. The molecule has 100 valence electrons. The summed E-state index contributed by atoms with van der Waals surface area (Å²) in [6.07, 6.45) is 1.81. The van der Waals surface area contributed by atoms with E-state index in [2.05, 4.69) is 38.4 Å². The molecule has 0 spiro atoms. The molecule has 0 saturated heterocycles. The van der Waals surface area contributed by atoms with Gasteiger partial charge in [-0.15, -0.1) is 0 Å². The summed E-state index contributed by atoms with van der Waals surface area (Å²) < 4.78 is 6.51. The lowest BCUT2D eigenvalue weighted by Gasteiger charge is -2.17. The van der Waals surface area contributed by atoms with E-state index >= 15 is 0 Å². The van der Waals surface area contributed by atoms with Gasteiger partial charge in [0.15, 0.2) is 0 Å². The third kappa shape index (κ3) is 3.78. The number of methoxy groups -OCH3 is 1. The zero-order valence-corrected chi connectivity index (χ0v) is 12.6. The van der Waals surface area contributed by atoms with Crippen molar-refractivity contribution in [3.05, 3.63) is 58.2 Å². The second-order valence-corrected chi connectivity index (χ2v) is 5.25. The van der Waals surface area contributed by atoms with Crippen LogP contribution in [0.1, 0.15) is 17.2 Å². The van der Waals surface area contributed by atoms with Gasteiger partial charge >= 0.3 is 0 Å². The zero-order valence-electron chi connectivity index (χ0n) is 11.1. The monoisotopic (exact) mass is 320 g/mol. The number of hydrogen-bond donors (Lipinski definition) is 1. The summed E-state index contributed by atoms with van der Waals surface area (Å²) in [6.45, 7) is 2.72. The standard InChI is InChI=1S/C15H17BrN2O/c1-11-8-13(16)9-17-15(11)18-10-14(19-2)12-6-4-3-5-7-12/h3-9,14H,10H2,1-2H3,(H,17,18). The Balaban J connectivity index is 2.04. The van der Waals surface area contributed by atoms with E-state index in [-0.39, 0.29) is 6.10 Å². The normalized spacial score (nSPS) is 12.2. The highest BCUT2D eigenvalue weighted by Gasteiger charge is 2.10. The second kappa shape index (κ2) is 6.68. The number of benzene rings is 1. The van der Waals surface area contributed by atoms with Crippen molar-refractivity contribution in [2.75, 3.05) is 19.0 Å². The second-order valence-electron chi connectivity index (χ2n) is 4.33. The van der Waals surface area contributed by atoms with Gasteiger partial charge in [-0.3, -0.25) is 0 Å². The topological polar surface area (TPSA) is 34.1 Å². The van der Waals surface area contributed by atoms with Gasteiger partial charge in [0.25, 0.3) is 0 Å². The van der Waals surface area contributed by atoms with Crippen molar-refractivity contribution in [1.82, 2.24) is 4.98 Å². The van der Waals surface area contributed by atoms with Crippen LogP contribution in [0, 0.1) is 6.92 Å². The molecule has 19 heavy (non-hydrogen) atoms. The molecule has 1 heterocycles. The summed E-state index contributed by atoms with van der Waals surface area (Å²) in [7, 11) is 1.72. The summed E-state index contributed by atoms with van der Waals surface area (Å²) in [6, 6.07) is 12.2. The van der Waals surface area contributed by atoms with Gasteiger partial charge in [0.05, 0.1) is 6.10 Å². The Morgan fingerprint density at radius 3 is 2.68 bits per heavy atom. The molecule has 1 aromatic heterocycles. The largest absolute Gasteiger partial charge is 0.375 e. The van der Waals surface area contributed by atoms with Gasteiger partial charge in [-0.25, -0.2) is 4.98 Å². The van der Waals surface area contributed by atoms with Crippen molar-refractivity contribution in [3.63, 3.8) is 0 Å². The first-order chi connectivity index (χ1) is 9.20. The number of halogens is 1. The predicted molar refractivity (Wildman–Crippen MR) is 81.4 cm³/mol. The number of nitrogens with zero attached hydrogens (tertiary/aromatic N) is 1. The van der Waals surface area contributed by atoms with Crippen molar-refractivity contribution >= 4 is 21.7 Å². The Kier molecular flexibility index (Phi) is 4.93. The van der Waals surface area contributed by atoms with Crippen LogP contribution in [0.3, 0.4) is 0 Å². The van der Waals surface area contributed by atoms with Crippen molar-refractivity contribution in [2.45, 2.75) is 13.0 Å². The van der Waals surface area contributed by atoms with E-state index in [4.69, 9.17) is 4.74 Å². The number of ether oxygens (including phenoxy) is 1. The summed E-state index contributed by atoms with van der Waals surface area (Å²) in [5, 5.41) is 3.33. The smallest absolute Gasteiger partial charge is 0.129 e. The van der Waals surface area contributed by atoms with Crippen molar-refractivity contribution < 1.29 is 4.74 Å². The van der Waals surface area contributed by atoms with E-state index in [0.29, 0.717) is 6.54 Å². The summed E-state index contributed by atoms with van der Waals surface area (Å²) >= 11 is 3.41. The Morgan fingerprint density at radius 2 is 2.05 bits per heavy atom. The van der Waals surface area contributed by atoms with Crippen LogP contribution in [-0.4, -0.2) is 18.6 Å². The van der Waals surface area contributed by atoms with Crippen molar-refractivity contribution in [1.29, 1.82) is 0 Å². The summed E-state index contributed by atoms with van der Waals surface area (Å²) in [5.74, 6) is 0.890. The molecule has 0 radical (unpaired) electrons. The van der Waals surface area contributed by atoms with E-state index in [1.165, 1.54) is 0 Å². The Morgan fingerprint density at radius 1 is 1.32 bits per heavy atom. The number of aryl methyl sites for hydroxylation is 1. The van der Waals surface area contributed by atoms with Gasteiger partial charge in [-0.2, -0.15) is 0 Å². The lowest BCUT2D eigenvalue weighted by atomic mass is 10.1. The molecule has 2 rings (SSSR count). The maximum absolute atomic E-state index is 5.52. The minimum absolute atomic E-state index is 0.0195. The van der Waals surface area contributed by atoms with Crippen LogP contribution >= 0.6 is 15.9 Å². The average molecular weight is 321 g/mol. The maximum atomic E-state index is 5.52. The molecule has 4 heteroatoms. The van der Waals surface area contributed by atoms with Crippen molar-refractivity contribution in [2.24, 2.45) is 0 Å². The third-order valence-corrected chi connectivity index (χ3v) is 3.39. The molecular weight excluding hydrogens is 304 g/mol. The fourth-order valence-electron chi connectivity index (χ4n) is 1.92. The lowest BCUT2D eigenvalue weighted by molar-refractivity contribution is 0.114. The first kappa shape index (κ1) is 14.0. The highest BCUT2D eigenvalue weighted by atomic mass is 79.9. The fraction of sp³-hybridized carbons (Fsp3) is 0.267. The molecular formula is C15H17BrN2O. The molecule has 0 saturated carbocycles. The van der Waals surface area contributed by atoms with Gasteiger partial charge < -0.3 is 10.1 Å². The minimum Gasteiger partial charge on any atom is -0.375 e. The fourth-order valence-corrected chi connectivity index (χ4v) is 2.37. The van der Waals surface area contributed by atoms with Crippen LogP contribution in [0.5, 0.6) is 0 Å². The van der Waals surface area contributed by atoms with Crippen LogP contribution in [0.4, 0.5) is 5.82 Å². The number of anilines is 1. The minimum atomic E-state index is 0.0195. The zero-order chi connectivity index (χ0) is 13.7. The molecule has 0 amide bonds. The molecule has 0 aliphatic rings. The van der Waals surface area contributed by atoms with Crippen LogP contribution in [-0.2, 0) is 4.74 Å². The van der Waals surface area contributed by atoms with Crippen LogP contribution < -0.4 is 5.32 Å². The van der Waals surface area contributed by atoms with Crippen LogP contribution in [0.15, 0.2) is 47.1 Å². The lowest BCUT2D eigenvalue weighted by Crippen LogP contribution is -2.15. The SMILES string of the molecule is COC(CNc1ncc(Br)cc1C)c1ccccc1. The van der Waals surface area contributed by atoms with Gasteiger partial charge in [0, 0.05) is 24.3 Å². The number of pyridine rings is 1.